The number of ether oxygens (including phenoxy) is 1. The lowest BCUT2D eigenvalue weighted by molar-refractivity contribution is 0.104. The van der Waals surface area contributed by atoms with Gasteiger partial charge in [0.15, 0.2) is 11.0 Å². The van der Waals surface area contributed by atoms with E-state index >= 15 is 0 Å². The van der Waals surface area contributed by atoms with Gasteiger partial charge in [0.2, 0.25) is 0 Å². The minimum absolute atomic E-state index is 0.0134. The van der Waals surface area contributed by atoms with Crippen LogP contribution >= 0.6 is 11.6 Å². The zero-order valence-electron chi connectivity index (χ0n) is 13.3. The lowest BCUT2D eigenvalue weighted by atomic mass is 10.3. The summed E-state index contributed by atoms with van der Waals surface area (Å²) in [6.07, 6.45) is 0.673. The first-order valence-electron chi connectivity index (χ1n) is 7.68. The van der Waals surface area contributed by atoms with Crippen molar-refractivity contribution in [1.82, 2.24) is 15.2 Å². The van der Waals surface area contributed by atoms with Crippen molar-refractivity contribution in [1.29, 1.82) is 0 Å². The second-order valence-corrected chi connectivity index (χ2v) is 7.54. The number of nitrogens with zero attached hydrogens (tertiary/aromatic N) is 3. The van der Waals surface area contributed by atoms with E-state index in [-0.39, 0.29) is 34.1 Å². The first-order chi connectivity index (χ1) is 11.9. The number of cyclic esters (lactones) is 1. The maximum Gasteiger partial charge on any atom is 0.410 e. The summed E-state index contributed by atoms with van der Waals surface area (Å²) in [5.74, 6) is 0. The molecule has 2 heterocycles. The third kappa shape index (κ3) is 3.70. The highest BCUT2D eigenvalue weighted by atomic mass is 35.5. The number of hydrogen-bond donors (Lipinski definition) is 0. The quantitative estimate of drug-likeness (QED) is 0.662. The molecule has 2 aromatic rings. The van der Waals surface area contributed by atoms with E-state index in [2.05, 4.69) is 14.9 Å². The Morgan fingerprint density at radius 3 is 2.88 bits per heavy atom. The fourth-order valence-corrected chi connectivity index (χ4v) is 3.69. The van der Waals surface area contributed by atoms with Crippen molar-refractivity contribution in [2.45, 2.75) is 30.8 Å². The summed E-state index contributed by atoms with van der Waals surface area (Å²) in [5, 5.41) is 7.34. The third-order valence-corrected chi connectivity index (χ3v) is 5.36. The van der Waals surface area contributed by atoms with Crippen LogP contribution in [0, 0.1) is 0 Å². The molecule has 9 nitrogen and oxygen atoms in total. The van der Waals surface area contributed by atoms with Gasteiger partial charge in [0.05, 0.1) is 11.6 Å². The first-order valence-corrected chi connectivity index (χ1v) is 9.46. The zero-order chi connectivity index (χ0) is 18.0. The molecule has 1 aliphatic heterocycles. The zero-order valence-corrected chi connectivity index (χ0v) is 14.9. The van der Waals surface area contributed by atoms with E-state index in [0.29, 0.717) is 6.54 Å². The fourth-order valence-electron chi connectivity index (χ4n) is 2.44. The Morgan fingerprint density at radius 2 is 2.12 bits per heavy atom. The first kappa shape index (κ1) is 17.9. The Hall–Kier alpha value is -1.91. The van der Waals surface area contributed by atoms with Crippen LogP contribution in [0.15, 0.2) is 21.7 Å². The highest BCUT2D eigenvalue weighted by Gasteiger charge is 2.33. The van der Waals surface area contributed by atoms with Gasteiger partial charge in [0.1, 0.15) is 17.6 Å². The lowest BCUT2D eigenvalue weighted by Crippen LogP contribution is -2.27. The maximum atomic E-state index is 12.4. The number of aromatic nitrogens is 2. The van der Waals surface area contributed by atoms with Crippen molar-refractivity contribution in [2.75, 3.05) is 19.7 Å². The van der Waals surface area contributed by atoms with Gasteiger partial charge < -0.3 is 9.64 Å². The van der Waals surface area contributed by atoms with Gasteiger partial charge in [-0.15, -0.1) is 0 Å². The molecule has 136 valence electrons. The van der Waals surface area contributed by atoms with Crippen LogP contribution in [0.3, 0.4) is 0 Å². The topological polar surface area (TPSA) is 112 Å². The molecule has 1 unspecified atom stereocenters. The number of rotatable bonds is 7. The largest absolute Gasteiger partial charge is 0.442 e. The fraction of sp³-hybridized carbons (Fsp3) is 0.500. The normalized spacial score (nSPS) is 18.1. The summed E-state index contributed by atoms with van der Waals surface area (Å²) in [4.78, 5) is 13.0. The number of amides is 1. The number of fused-ring (bicyclic) bond motifs is 1. The standard InChI is InChI=1S/C14H16ClN3O6S/c1-2-3-6-18-7-9(23-14(18)19)8-22-25(20,21)11-5-4-10(15)12-13(11)17-24-16-12/h4-5,9H,2-3,6-8H2,1H3. The monoisotopic (exact) mass is 389 g/mol. The predicted molar refractivity (Wildman–Crippen MR) is 86.7 cm³/mol. The van der Waals surface area contributed by atoms with Gasteiger partial charge in [0, 0.05) is 6.54 Å². The van der Waals surface area contributed by atoms with Crippen molar-refractivity contribution >= 4 is 38.8 Å². The summed E-state index contributed by atoms with van der Waals surface area (Å²) in [5.41, 5.74) is 0.116. The molecular weight excluding hydrogens is 374 g/mol. The molecule has 0 saturated carbocycles. The summed E-state index contributed by atoms with van der Waals surface area (Å²) in [6, 6.07) is 2.63. The van der Waals surface area contributed by atoms with Gasteiger partial charge in [-0.3, -0.25) is 4.18 Å². The van der Waals surface area contributed by atoms with Crippen LogP contribution < -0.4 is 0 Å². The van der Waals surface area contributed by atoms with Gasteiger partial charge in [-0.2, -0.15) is 8.42 Å². The summed E-state index contributed by atoms with van der Waals surface area (Å²) in [7, 11) is -4.14. The average molecular weight is 390 g/mol. The Labute approximate surface area is 148 Å². The summed E-state index contributed by atoms with van der Waals surface area (Å²) >= 11 is 5.91. The molecule has 1 aromatic heterocycles. The minimum Gasteiger partial charge on any atom is -0.442 e. The van der Waals surface area contributed by atoms with Crippen LogP contribution in [0.5, 0.6) is 0 Å². The van der Waals surface area contributed by atoms with E-state index in [9.17, 15) is 13.2 Å². The Kier molecular flexibility index (Phi) is 5.11. The molecule has 1 amide bonds. The van der Waals surface area contributed by atoms with Crippen LogP contribution in [-0.4, -0.2) is 55.5 Å². The van der Waals surface area contributed by atoms with Crippen LogP contribution in [0.2, 0.25) is 5.02 Å². The van der Waals surface area contributed by atoms with Gasteiger partial charge >= 0.3 is 6.09 Å². The number of unbranched alkanes of at least 4 members (excludes halogenated alkanes) is 1. The number of halogens is 1. The SMILES string of the molecule is CCCCN1CC(COS(=O)(=O)c2ccc(Cl)c3nonc23)OC1=O. The molecule has 0 radical (unpaired) electrons. The molecule has 0 bridgehead atoms. The van der Waals surface area contributed by atoms with Crippen LogP contribution in [-0.2, 0) is 19.0 Å². The average Bonchev–Trinajstić information content (AvgIpc) is 3.18. The van der Waals surface area contributed by atoms with Crippen molar-refractivity contribution in [3.63, 3.8) is 0 Å². The second kappa shape index (κ2) is 7.14. The van der Waals surface area contributed by atoms with Crippen molar-refractivity contribution in [3.8, 4) is 0 Å². The van der Waals surface area contributed by atoms with Gasteiger partial charge in [0.25, 0.3) is 10.1 Å². The highest BCUT2D eigenvalue weighted by molar-refractivity contribution is 7.87. The smallest absolute Gasteiger partial charge is 0.410 e. The third-order valence-electron chi connectivity index (χ3n) is 3.74. The molecule has 1 fully saturated rings. The molecule has 1 atom stereocenters. The predicted octanol–water partition coefficient (Wildman–Crippen LogP) is 2.20. The van der Waals surface area contributed by atoms with Gasteiger partial charge in [-0.1, -0.05) is 24.9 Å². The molecule has 11 heteroatoms. The summed E-state index contributed by atoms with van der Waals surface area (Å²) in [6.45, 7) is 2.59. The Bertz CT molecular complexity index is 884. The van der Waals surface area contributed by atoms with Gasteiger partial charge in [-0.05, 0) is 28.9 Å². The Balaban J connectivity index is 1.69. The molecule has 3 rings (SSSR count). The molecule has 1 saturated heterocycles. The second-order valence-electron chi connectivity index (χ2n) is 5.55. The molecular formula is C14H16ClN3O6S. The van der Waals surface area contributed by atoms with E-state index < -0.39 is 22.3 Å². The number of benzene rings is 1. The minimum atomic E-state index is -4.14. The van der Waals surface area contributed by atoms with Crippen molar-refractivity contribution in [3.05, 3.63) is 17.2 Å². The van der Waals surface area contributed by atoms with E-state index in [1.165, 1.54) is 17.0 Å². The van der Waals surface area contributed by atoms with E-state index in [1.54, 1.807) is 0 Å². The van der Waals surface area contributed by atoms with Crippen LogP contribution in [0.25, 0.3) is 11.0 Å². The summed E-state index contributed by atoms with van der Waals surface area (Å²) < 4.78 is 39.5. The molecule has 1 aromatic carbocycles. The number of carbonyl (C=O) groups excluding carboxylic acids is 1. The van der Waals surface area contributed by atoms with Crippen LogP contribution in [0.4, 0.5) is 4.79 Å². The number of carbonyl (C=O) groups is 1. The van der Waals surface area contributed by atoms with E-state index in [0.717, 1.165) is 12.8 Å². The number of hydrogen-bond acceptors (Lipinski definition) is 8. The molecule has 0 spiro atoms. The highest BCUT2D eigenvalue weighted by Crippen LogP contribution is 2.28. The molecule has 1 aliphatic rings. The Morgan fingerprint density at radius 1 is 1.36 bits per heavy atom. The van der Waals surface area contributed by atoms with E-state index in [4.69, 9.17) is 20.5 Å². The van der Waals surface area contributed by atoms with E-state index in [1.807, 2.05) is 6.92 Å². The lowest BCUT2D eigenvalue weighted by Gasteiger charge is -2.12. The molecule has 0 aliphatic carbocycles. The van der Waals surface area contributed by atoms with Crippen molar-refractivity contribution in [2.24, 2.45) is 0 Å². The van der Waals surface area contributed by atoms with Gasteiger partial charge in [-0.25, -0.2) is 9.42 Å². The van der Waals surface area contributed by atoms with Crippen molar-refractivity contribution < 1.29 is 26.8 Å². The molecule has 0 N–H and O–H groups in total. The maximum absolute atomic E-state index is 12.4. The molecule has 25 heavy (non-hydrogen) atoms. The van der Waals surface area contributed by atoms with Crippen LogP contribution in [0.1, 0.15) is 19.8 Å².